The van der Waals surface area contributed by atoms with E-state index in [9.17, 15) is 9.59 Å². The summed E-state index contributed by atoms with van der Waals surface area (Å²) in [5, 5.41) is 7.31. The zero-order chi connectivity index (χ0) is 18.3. The molecule has 0 saturated heterocycles. The van der Waals surface area contributed by atoms with Crippen LogP contribution in [0.2, 0.25) is 0 Å². The summed E-state index contributed by atoms with van der Waals surface area (Å²) in [7, 11) is 5.67. The van der Waals surface area contributed by atoms with Crippen molar-refractivity contribution in [3.05, 3.63) is 51.4 Å². The SMILES string of the molecule is Cc1cc(N(C)C)cc(C)c1NC(=O)c1c[nH]c2c(cnn2C)c1=O. The average molecular weight is 339 g/mol. The molecule has 1 aromatic carbocycles. The van der Waals surface area contributed by atoms with Crippen molar-refractivity contribution in [3.63, 3.8) is 0 Å². The molecule has 0 saturated carbocycles. The molecule has 0 unspecified atom stereocenters. The van der Waals surface area contributed by atoms with Gasteiger partial charge in [-0.1, -0.05) is 0 Å². The standard InChI is InChI=1S/C18H21N5O2/c1-10-6-12(22(3)4)7-11(2)15(10)21-18(25)14-8-19-17-13(16(14)24)9-20-23(17)5/h6-9H,1-5H3,(H,19,24)(H,21,25). The average Bonchev–Trinajstić information content (AvgIpc) is 2.93. The monoisotopic (exact) mass is 339 g/mol. The number of fused-ring (bicyclic) bond motifs is 1. The molecule has 130 valence electrons. The fraction of sp³-hybridized carbons (Fsp3) is 0.278. The van der Waals surface area contributed by atoms with Gasteiger partial charge in [0.05, 0.1) is 11.6 Å². The van der Waals surface area contributed by atoms with Crippen LogP contribution in [-0.2, 0) is 7.05 Å². The smallest absolute Gasteiger partial charge is 0.261 e. The number of aromatic amines is 1. The summed E-state index contributed by atoms with van der Waals surface area (Å²) in [6.07, 6.45) is 2.90. The summed E-state index contributed by atoms with van der Waals surface area (Å²) in [6.45, 7) is 3.87. The Kier molecular flexibility index (Phi) is 4.08. The van der Waals surface area contributed by atoms with Crippen LogP contribution in [0, 0.1) is 13.8 Å². The van der Waals surface area contributed by atoms with E-state index >= 15 is 0 Å². The van der Waals surface area contributed by atoms with E-state index in [1.54, 1.807) is 11.7 Å². The van der Waals surface area contributed by atoms with Gasteiger partial charge in [-0.15, -0.1) is 0 Å². The lowest BCUT2D eigenvalue weighted by Crippen LogP contribution is -2.22. The van der Waals surface area contributed by atoms with Crippen molar-refractivity contribution < 1.29 is 4.79 Å². The Balaban J connectivity index is 1.98. The topological polar surface area (TPSA) is 83.0 Å². The van der Waals surface area contributed by atoms with Crippen molar-refractivity contribution in [2.24, 2.45) is 7.05 Å². The third-order valence-electron chi connectivity index (χ3n) is 4.30. The normalized spacial score (nSPS) is 10.9. The van der Waals surface area contributed by atoms with Crippen molar-refractivity contribution in [2.45, 2.75) is 13.8 Å². The molecule has 0 aliphatic rings. The Morgan fingerprint density at radius 1 is 1.24 bits per heavy atom. The number of aryl methyl sites for hydroxylation is 3. The number of hydrogen-bond acceptors (Lipinski definition) is 4. The van der Waals surface area contributed by atoms with Gasteiger partial charge in [0.2, 0.25) is 5.43 Å². The number of H-pyrrole nitrogens is 1. The zero-order valence-electron chi connectivity index (χ0n) is 15.0. The van der Waals surface area contributed by atoms with Gasteiger partial charge in [-0.25, -0.2) is 0 Å². The fourth-order valence-electron chi connectivity index (χ4n) is 2.87. The highest BCUT2D eigenvalue weighted by atomic mass is 16.2. The van der Waals surface area contributed by atoms with Crippen molar-refractivity contribution in [2.75, 3.05) is 24.3 Å². The molecular formula is C18H21N5O2. The minimum Gasteiger partial charge on any atom is -0.378 e. The number of carbonyl (C=O) groups is 1. The van der Waals surface area contributed by atoms with Gasteiger partial charge < -0.3 is 15.2 Å². The Morgan fingerprint density at radius 2 is 1.88 bits per heavy atom. The van der Waals surface area contributed by atoms with Crippen LogP contribution in [0.5, 0.6) is 0 Å². The number of aromatic nitrogens is 3. The summed E-state index contributed by atoms with van der Waals surface area (Å²) >= 11 is 0. The van der Waals surface area contributed by atoms with E-state index in [0.717, 1.165) is 22.5 Å². The Labute approximate surface area is 145 Å². The minimum atomic E-state index is -0.434. The molecule has 0 atom stereocenters. The quantitative estimate of drug-likeness (QED) is 0.766. The molecule has 0 fully saturated rings. The number of hydrogen-bond donors (Lipinski definition) is 2. The highest BCUT2D eigenvalue weighted by molar-refractivity contribution is 6.06. The fourth-order valence-corrected chi connectivity index (χ4v) is 2.87. The molecule has 2 N–H and O–H groups in total. The van der Waals surface area contributed by atoms with E-state index in [1.807, 2.05) is 45.0 Å². The number of nitrogens with one attached hydrogen (secondary N) is 2. The molecule has 0 aliphatic carbocycles. The predicted molar refractivity (Wildman–Crippen MR) is 99.5 cm³/mol. The minimum absolute atomic E-state index is 0.0657. The maximum atomic E-state index is 12.6. The zero-order valence-corrected chi connectivity index (χ0v) is 15.0. The molecule has 7 heteroatoms. The van der Waals surface area contributed by atoms with E-state index < -0.39 is 5.91 Å². The van der Waals surface area contributed by atoms with Gasteiger partial charge in [0.1, 0.15) is 11.2 Å². The molecule has 3 rings (SSSR count). The Morgan fingerprint density at radius 3 is 2.48 bits per heavy atom. The van der Waals surface area contributed by atoms with Crippen LogP contribution >= 0.6 is 0 Å². The second-order valence-corrected chi connectivity index (χ2v) is 6.37. The molecule has 0 bridgehead atoms. The van der Waals surface area contributed by atoms with Crippen molar-refractivity contribution in [3.8, 4) is 0 Å². The van der Waals surface area contributed by atoms with Crippen LogP contribution in [0.3, 0.4) is 0 Å². The molecule has 0 radical (unpaired) electrons. The summed E-state index contributed by atoms with van der Waals surface area (Å²) in [5.41, 5.74) is 3.98. The number of anilines is 2. The first-order valence-electron chi connectivity index (χ1n) is 7.93. The molecule has 0 spiro atoms. The number of amides is 1. The van der Waals surface area contributed by atoms with Crippen molar-refractivity contribution >= 4 is 28.3 Å². The van der Waals surface area contributed by atoms with Gasteiger partial charge in [0.25, 0.3) is 5.91 Å². The first-order chi connectivity index (χ1) is 11.8. The third-order valence-corrected chi connectivity index (χ3v) is 4.30. The van der Waals surface area contributed by atoms with Crippen LogP contribution in [0.25, 0.3) is 11.0 Å². The van der Waals surface area contributed by atoms with E-state index in [0.29, 0.717) is 11.0 Å². The maximum Gasteiger partial charge on any atom is 0.261 e. The van der Waals surface area contributed by atoms with E-state index in [4.69, 9.17) is 0 Å². The Hall–Kier alpha value is -3.09. The van der Waals surface area contributed by atoms with Crippen molar-refractivity contribution in [1.29, 1.82) is 0 Å². The molecular weight excluding hydrogens is 318 g/mol. The second kappa shape index (κ2) is 6.08. The van der Waals surface area contributed by atoms with E-state index in [-0.39, 0.29) is 11.0 Å². The number of rotatable bonds is 3. The molecule has 1 amide bonds. The van der Waals surface area contributed by atoms with Gasteiger partial charge in [0, 0.05) is 38.7 Å². The number of benzene rings is 1. The predicted octanol–water partition coefficient (Wildman–Crippen LogP) is 2.20. The van der Waals surface area contributed by atoms with Gasteiger partial charge in [-0.05, 0) is 37.1 Å². The highest BCUT2D eigenvalue weighted by Crippen LogP contribution is 2.26. The molecule has 25 heavy (non-hydrogen) atoms. The largest absolute Gasteiger partial charge is 0.378 e. The highest BCUT2D eigenvalue weighted by Gasteiger charge is 2.17. The van der Waals surface area contributed by atoms with Crippen LogP contribution in [0.1, 0.15) is 21.5 Å². The van der Waals surface area contributed by atoms with Gasteiger partial charge >= 0.3 is 0 Å². The summed E-state index contributed by atoms with van der Waals surface area (Å²) in [5.74, 6) is -0.434. The Bertz CT molecular complexity index is 1010. The first-order valence-corrected chi connectivity index (χ1v) is 7.93. The van der Waals surface area contributed by atoms with Crippen LogP contribution in [-0.4, -0.2) is 34.8 Å². The third kappa shape index (κ3) is 2.88. The molecule has 2 aromatic heterocycles. The maximum absolute atomic E-state index is 12.6. The number of pyridine rings is 1. The lowest BCUT2D eigenvalue weighted by atomic mass is 10.1. The number of carbonyl (C=O) groups excluding carboxylic acids is 1. The second-order valence-electron chi connectivity index (χ2n) is 6.37. The summed E-state index contributed by atoms with van der Waals surface area (Å²) in [6, 6.07) is 3.99. The molecule has 3 aromatic rings. The molecule has 2 heterocycles. The lowest BCUT2D eigenvalue weighted by molar-refractivity contribution is 0.102. The van der Waals surface area contributed by atoms with Crippen LogP contribution in [0.15, 0.2) is 29.3 Å². The molecule has 7 nitrogen and oxygen atoms in total. The van der Waals surface area contributed by atoms with Gasteiger partial charge in [-0.3, -0.25) is 14.3 Å². The summed E-state index contributed by atoms with van der Waals surface area (Å²) < 4.78 is 1.56. The van der Waals surface area contributed by atoms with Crippen molar-refractivity contribution in [1.82, 2.24) is 14.8 Å². The van der Waals surface area contributed by atoms with E-state index in [2.05, 4.69) is 15.4 Å². The van der Waals surface area contributed by atoms with Gasteiger partial charge in [0.15, 0.2) is 0 Å². The molecule has 0 aliphatic heterocycles. The van der Waals surface area contributed by atoms with E-state index in [1.165, 1.54) is 12.4 Å². The van der Waals surface area contributed by atoms with Crippen LogP contribution < -0.4 is 15.6 Å². The lowest BCUT2D eigenvalue weighted by Gasteiger charge is -2.18. The van der Waals surface area contributed by atoms with Crippen LogP contribution in [0.4, 0.5) is 11.4 Å². The summed E-state index contributed by atoms with van der Waals surface area (Å²) in [4.78, 5) is 30.2. The first kappa shape index (κ1) is 16.8. The van der Waals surface area contributed by atoms with Gasteiger partial charge in [-0.2, -0.15) is 5.10 Å². The number of nitrogens with zero attached hydrogens (tertiary/aromatic N) is 3.